The molecule has 5 heteroatoms. The van der Waals surface area contributed by atoms with E-state index in [0.29, 0.717) is 5.69 Å². The second-order valence-corrected chi connectivity index (χ2v) is 6.00. The molecule has 0 unspecified atom stereocenters. The monoisotopic (exact) mass is 334 g/mol. The first-order valence-corrected chi connectivity index (χ1v) is 8.12. The van der Waals surface area contributed by atoms with Gasteiger partial charge >= 0.3 is 5.97 Å². The van der Waals surface area contributed by atoms with Gasteiger partial charge in [0, 0.05) is 5.69 Å². The van der Waals surface area contributed by atoms with Crippen LogP contribution < -0.4 is 4.90 Å². The van der Waals surface area contributed by atoms with E-state index in [1.165, 1.54) is 4.90 Å². The Balaban J connectivity index is 1.65. The van der Waals surface area contributed by atoms with Crippen molar-refractivity contribution in [2.75, 3.05) is 18.1 Å². The van der Waals surface area contributed by atoms with Crippen molar-refractivity contribution in [3.8, 4) is 6.07 Å². The van der Waals surface area contributed by atoms with Crippen molar-refractivity contribution in [1.82, 2.24) is 0 Å². The lowest BCUT2D eigenvalue weighted by Gasteiger charge is -2.20. The number of rotatable bonds is 6. The topological polar surface area (TPSA) is 70.4 Å². The number of nitrogens with zero attached hydrogens (tertiary/aromatic N) is 2. The zero-order valence-corrected chi connectivity index (χ0v) is 13.7. The lowest BCUT2D eigenvalue weighted by Crippen LogP contribution is -2.36. The second kappa shape index (κ2) is 7.18. The summed E-state index contributed by atoms with van der Waals surface area (Å²) in [7, 11) is 0. The Morgan fingerprint density at radius 2 is 1.64 bits per heavy atom. The largest absolute Gasteiger partial charge is 0.455 e. The molecule has 2 aromatic carbocycles. The van der Waals surface area contributed by atoms with E-state index in [2.05, 4.69) is 0 Å². The molecule has 0 aromatic heterocycles. The maximum atomic E-state index is 12.5. The van der Waals surface area contributed by atoms with E-state index < -0.39 is 11.3 Å². The molecular formula is C20H18N2O3. The Bertz CT molecular complexity index is 793. The van der Waals surface area contributed by atoms with Gasteiger partial charge < -0.3 is 4.74 Å². The SMILES string of the molecule is N#CCN(C(=O)COC(=O)C1(c2ccccc2)CC1)c1ccccc1. The molecule has 0 N–H and O–H groups in total. The average Bonchev–Trinajstić information content (AvgIpc) is 3.47. The van der Waals surface area contributed by atoms with Gasteiger partial charge in [0.1, 0.15) is 6.54 Å². The fraction of sp³-hybridized carbons (Fsp3) is 0.250. The molecule has 5 nitrogen and oxygen atoms in total. The number of nitriles is 1. The van der Waals surface area contributed by atoms with Crippen molar-refractivity contribution in [2.24, 2.45) is 0 Å². The van der Waals surface area contributed by atoms with Crippen LogP contribution in [0.3, 0.4) is 0 Å². The number of para-hydroxylation sites is 1. The Hall–Kier alpha value is -3.13. The van der Waals surface area contributed by atoms with Crippen molar-refractivity contribution < 1.29 is 14.3 Å². The van der Waals surface area contributed by atoms with Crippen LogP contribution in [-0.2, 0) is 19.7 Å². The van der Waals surface area contributed by atoms with E-state index in [0.717, 1.165) is 18.4 Å². The number of carbonyl (C=O) groups is 2. The van der Waals surface area contributed by atoms with E-state index in [9.17, 15) is 9.59 Å². The lowest BCUT2D eigenvalue weighted by atomic mass is 9.96. The van der Waals surface area contributed by atoms with Crippen LogP contribution in [-0.4, -0.2) is 25.0 Å². The van der Waals surface area contributed by atoms with Gasteiger partial charge in [-0.2, -0.15) is 5.26 Å². The van der Waals surface area contributed by atoms with Gasteiger partial charge in [-0.15, -0.1) is 0 Å². The summed E-state index contributed by atoms with van der Waals surface area (Å²) in [6.45, 7) is -0.464. The van der Waals surface area contributed by atoms with Crippen LogP contribution in [0, 0.1) is 11.3 Å². The minimum Gasteiger partial charge on any atom is -0.455 e. The molecule has 0 saturated heterocycles. The maximum Gasteiger partial charge on any atom is 0.317 e. The highest BCUT2D eigenvalue weighted by atomic mass is 16.5. The highest BCUT2D eigenvalue weighted by Crippen LogP contribution is 2.49. The molecule has 1 fully saturated rings. The van der Waals surface area contributed by atoms with Crippen molar-refractivity contribution >= 4 is 17.6 Å². The van der Waals surface area contributed by atoms with Crippen LogP contribution in [0.5, 0.6) is 0 Å². The molecule has 126 valence electrons. The lowest BCUT2D eigenvalue weighted by molar-refractivity contribution is -0.150. The molecule has 0 bridgehead atoms. The predicted molar refractivity (Wildman–Crippen MR) is 92.7 cm³/mol. The normalized spacial score (nSPS) is 14.2. The zero-order chi connectivity index (χ0) is 17.7. The van der Waals surface area contributed by atoms with Gasteiger partial charge in [-0.25, -0.2) is 0 Å². The molecule has 0 spiro atoms. The maximum absolute atomic E-state index is 12.5. The van der Waals surface area contributed by atoms with E-state index in [1.807, 2.05) is 42.5 Å². The van der Waals surface area contributed by atoms with Crippen molar-refractivity contribution in [1.29, 1.82) is 5.26 Å². The van der Waals surface area contributed by atoms with Gasteiger partial charge in [0.25, 0.3) is 5.91 Å². The molecule has 1 amide bonds. The minimum absolute atomic E-state index is 0.0930. The van der Waals surface area contributed by atoms with Gasteiger partial charge in [-0.05, 0) is 30.5 Å². The van der Waals surface area contributed by atoms with Crippen LogP contribution in [0.1, 0.15) is 18.4 Å². The van der Waals surface area contributed by atoms with Gasteiger partial charge in [0.15, 0.2) is 6.61 Å². The predicted octanol–water partition coefficient (Wildman–Crippen LogP) is 2.82. The number of esters is 1. The fourth-order valence-corrected chi connectivity index (χ4v) is 2.84. The first kappa shape index (κ1) is 16.7. The molecule has 0 radical (unpaired) electrons. The van der Waals surface area contributed by atoms with E-state index >= 15 is 0 Å². The molecular weight excluding hydrogens is 316 g/mol. The van der Waals surface area contributed by atoms with Crippen LogP contribution in [0.2, 0.25) is 0 Å². The Labute approximate surface area is 146 Å². The van der Waals surface area contributed by atoms with Gasteiger partial charge in [-0.3, -0.25) is 14.5 Å². The molecule has 0 aliphatic heterocycles. The van der Waals surface area contributed by atoms with Crippen LogP contribution in [0.15, 0.2) is 60.7 Å². The smallest absolute Gasteiger partial charge is 0.317 e. The number of benzene rings is 2. The summed E-state index contributed by atoms with van der Waals surface area (Å²) in [5.74, 6) is -0.790. The third-order valence-electron chi connectivity index (χ3n) is 4.39. The summed E-state index contributed by atoms with van der Waals surface area (Å²) >= 11 is 0. The molecule has 1 aliphatic rings. The third kappa shape index (κ3) is 3.53. The van der Waals surface area contributed by atoms with Crippen LogP contribution in [0.25, 0.3) is 0 Å². The molecule has 25 heavy (non-hydrogen) atoms. The van der Waals surface area contributed by atoms with Gasteiger partial charge in [0.2, 0.25) is 0 Å². The summed E-state index contributed by atoms with van der Waals surface area (Å²) in [6, 6.07) is 20.3. The first-order valence-electron chi connectivity index (χ1n) is 8.12. The molecule has 0 atom stereocenters. The average molecular weight is 334 g/mol. The second-order valence-electron chi connectivity index (χ2n) is 6.00. The summed E-state index contributed by atoms with van der Waals surface area (Å²) < 4.78 is 5.29. The Kier molecular flexibility index (Phi) is 4.80. The summed E-state index contributed by atoms with van der Waals surface area (Å²) in [5, 5.41) is 8.96. The van der Waals surface area contributed by atoms with Gasteiger partial charge in [0.05, 0.1) is 11.5 Å². The summed E-state index contributed by atoms with van der Waals surface area (Å²) in [4.78, 5) is 26.2. The highest BCUT2D eigenvalue weighted by molar-refractivity contribution is 5.96. The summed E-state index contributed by atoms with van der Waals surface area (Å²) in [6.07, 6.45) is 1.45. The Morgan fingerprint density at radius 1 is 1.04 bits per heavy atom. The number of hydrogen-bond donors (Lipinski definition) is 0. The molecule has 1 aliphatic carbocycles. The van der Waals surface area contributed by atoms with E-state index in [1.54, 1.807) is 24.3 Å². The zero-order valence-electron chi connectivity index (χ0n) is 13.7. The van der Waals surface area contributed by atoms with E-state index in [4.69, 9.17) is 10.00 Å². The third-order valence-corrected chi connectivity index (χ3v) is 4.39. The number of carbonyl (C=O) groups excluding carboxylic acids is 2. The minimum atomic E-state index is -0.617. The van der Waals surface area contributed by atoms with Gasteiger partial charge in [-0.1, -0.05) is 48.5 Å². The molecule has 1 saturated carbocycles. The summed E-state index contributed by atoms with van der Waals surface area (Å²) in [5.41, 5.74) is 0.910. The highest BCUT2D eigenvalue weighted by Gasteiger charge is 2.52. The quantitative estimate of drug-likeness (QED) is 0.602. The van der Waals surface area contributed by atoms with Crippen molar-refractivity contribution in [2.45, 2.75) is 18.3 Å². The molecule has 2 aromatic rings. The Morgan fingerprint density at radius 3 is 2.20 bits per heavy atom. The molecule has 3 rings (SSSR count). The number of ether oxygens (including phenoxy) is 1. The first-order chi connectivity index (χ1) is 12.2. The van der Waals surface area contributed by atoms with Crippen molar-refractivity contribution in [3.63, 3.8) is 0 Å². The number of hydrogen-bond acceptors (Lipinski definition) is 4. The van der Waals surface area contributed by atoms with E-state index in [-0.39, 0.29) is 19.1 Å². The van der Waals surface area contributed by atoms with Crippen LogP contribution >= 0.6 is 0 Å². The molecule has 0 heterocycles. The van der Waals surface area contributed by atoms with Crippen LogP contribution in [0.4, 0.5) is 5.69 Å². The van der Waals surface area contributed by atoms with Crippen molar-refractivity contribution in [3.05, 3.63) is 66.2 Å². The number of amides is 1. The standard InChI is InChI=1S/C20H18N2O3/c21-13-14-22(17-9-5-2-6-10-17)18(23)15-25-19(24)20(11-12-20)16-7-3-1-4-8-16/h1-10H,11-12,14-15H2. The number of anilines is 1. The fourth-order valence-electron chi connectivity index (χ4n) is 2.84.